The van der Waals surface area contributed by atoms with Gasteiger partial charge in [0.15, 0.2) is 0 Å². The number of hydrogen-bond acceptors (Lipinski definition) is 3. The number of halogens is 1. The van der Waals surface area contributed by atoms with Crippen molar-refractivity contribution in [1.82, 2.24) is 9.40 Å². The van der Waals surface area contributed by atoms with Crippen molar-refractivity contribution in [3.05, 3.63) is 16.1 Å². The summed E-state index contributed by atoms with van der Waals surface area (Å²) in [6.07, 6.45) is 2.30. The first-order valence-corrected chi connectivity index (χ1v) is 5.80. The summed E-state index contributed by atoms with van der Waals surface area (Å²) >= 11 is 7.68. The van der Waals surface area contributed by atoms with Crippen LogP contribution in [0.15, 0.2) is 5.38 Å². The molecular weight excluding hydrogens is 204 g/mol. The van der Waals surface area contributed by atoms with E-state index in [-0.39, 0.29) is 0 Å². The number of hydrogen-bond donors (Lipinski definition) is 0. The average molecular weight is 217 g/mol. The van der Waals surface area contributed by atoms with Crippen LogP contribution < -0.4 is 0 Å². The van der Waals surface area contributed by atoms with E-state index in [0.717, 1.165) is 31.6 Å². The first-order chi connectivity index (χ1) is 6.25. The smallest absolute Gasteiger partial charge is 0.0960 e. The molecule has 1 aromatic rings. The minimum absolute atomic E-state index is 0.647. The zero-order valence-electron chi connectivity index (χ0n) is 7.66. The number of rotatable bonds is 1. The molecule has 72 valence electrons. The van der Waals surface area contributed by atoms with Crippen LogP contribution in [0.4, 0.5) is 0 Å². The molecule has 0 aromatic carbocycles. The predicted octanol–water partition coefficient (Wildman–Crippen LogP) is 2.78. The molecule has 0 amide bonds. The molecule has 0 saturated carbocycles. The van der Waals surface area contributed by atoms with Crippen LogP contribution in [0.2, 0.25) is 0 Å². The Morgan fingerprint density at radius 3 is 2.77 bits per heavy atom. The lowest BCUT2D eigenvalue weighted by Crippen LogP contribution is -2.25. The first kappa shape index (κ1) is 9.44. The SMILES string of the molecule is Cc1csc(C2CCN(Cl)CC2)n1. The van der Waals surface area contributed by atoms with E-state index in [1.54, 1.807) is 11.3 Å². The monoisotopic (exact) mass is 216 g/mol. The van der Waals surface area contributed by atoms with Crippen molar-refractivity contribution in [2.45, 2.75) is 25.7 Å². The Morgan fingerprint density at radius 1 is 1.54 bits per heavy atom. The maximum atomic E-state index is 5.89. The Balaban J connectivity index is 2.02. The first-order valence-electron chi connectivity index (χ1n) is 4.58. The molecule has 0 spiro atoms. The van der Waals surface area contributed by atoms with Gasteiger partial charge in [0, 0.05) is 30.1 Å². The Hall–Kier alpha value is -0.120. The summed E-state index contributed by atoms with van der Waals surface area (Å²) in [6, 6.07) is 0. The molecule has 1 aliphatic heterocycles. The molecule has 1 aliphatic rings. The Bertz CT molecular complexity index is 279. The van der Waals surface area contributed by atoms with Gasteiger partial charge in [0.25, 0.3) is 0 Å². The van der Waals surface area contributed by atoms with Crippen LogP contribution in [0.5, 0.6) is 0 Å². The fraction of sp³-hybridized carbons (Fsp3) is 0.667. The Kier molecular flexibility index (Phi) is 2.86. The molecule has 13 heavy (non-hydrogen) atoms. The van der Waals surface area contributed by atoms with Crippen molar-refractivity contribution < 1.29 is 0 Å². The maximum absolute atomic E-state index is 5.89. The molecule has 1 saturated heterocycles. The van der Waals surface area contributed by atoms with Crippen LogP contribution in [-0.4, -0.2) is 22.5 Å². The van der Waals surface area contributed by atoms with E-state index in [1.807, 2.05) is 4.42 Å². The van der Waals surface area contributed by atoms with E-state index < -0.39 is 0 Å². The summed E-state index contributed by atoms with van der Waals surface area (Å²) < 4.78 is 1.87. The third-order valence-corrected chi connectivity index (χ3v) is 3.89. The van der Waals surface area contributed by atoms with Gasteiger partial charge < -0.3 is 0 Å². The molecule has 0 aliphatic carbocycles. The summed E-state index contributed by atoms with van der Waals surface area (Å²) in [5.74, 6) is 0.647. The van der Waals surface area contributed by atoms with Crippen LogP contribution in [0.25, 0.3) is 0 Å². The van der Waals surface area contributed by atoms with Gasteiger partial charge in [-0.1, -0.05) is 0 Å². The predicted molar refractivity (Wildman–Crippen MR) is 56.3 cm³/mol. The van der Waals surface area contributed by atoms with Crippen LogP contribution in [0.3, 0.4) is 0 Å². The van der Waals surface area contributed by atoms with E-state index >= 15 is 0 Å². The summed E-state index contributed by atoms with van der Waals surface area (Å²) in [5.41, 5.74) is 1.15. The van der Waals surface area contributed by atoms with Crippen LogP contribution in [0.1, 0.15) is 29.5 Å². The van der Waals surface area contributed by atoms with E-state index in [1.165, 1.54) is 5.01 Å². The van der Waals surface area contributed by atoms with Gasteiger partial charge in [-0.15, -0.1) is 11.3 Å². The quantitative estimate of drug-likeness (QED) is 0.672. The molecule has 0 radical (unpaired) electrons. The number of nitrogens with zero attached hydrogens (tertiary/aromatic N) is 2. The van der Waals surface area contributed by atoms with Gasteiger partial charge in [0.1, 0.15) is 0 Å². The molecule has 1 fully saturated rings. The van der Waals surface area contributed by atoms with Gasteiger partial charge in [-0.3, -0.25) is 0 Å². The zero-order chi connectivity index (χ0) is 9.26. The minimum Gasteiger partial charge on any atom is -0.246 e. The van der Waals surface area contributed by atoms with Gasteiger partial charge in [-0.05, 0) is 31.5 Å². The van der Waals surface area contributed by atoms with E-state index in [2.05, 4.69) is 17.3 Å². The molecule has 2 nitrogen and oxygen atoms in total. The number of aromatic nitrogens is 1. The molecule has 0 bridgehead atoms. The maximum Gasteiger partial charge on any atom is 0.0960 e. The van der Waals surface area contributed by atoms with Gasteiger partial charge in [0.05, 0.1) is 5.01 Å². The molecule has 1 aromatic heterocycles. The third-order valence-electron chi connectivity index (χ3n) is 2.43. The van der Waals surface area contributed by atoms with E-state index in [9.17, 15) is 0 Å². The molecule has 0 unspecified atom stereocenters. The highest BCUT2D eigenvalue weighted by Gasteiger charge is 2.21. The van der Waals surface area contributed by atoms with Crippen molar-refractivity contribution in [2.75, 3.05) is 13.1 Å². The van der Waals surface area contributed by atoms with Crippen molar-refractivity contribution >= 4 is 23.1 Å². The fourth-order valence-electron chi connectivity index (χ4n) is 1.65. The van der Waals surface area contributed by atoms with Crippen molar-refractivity contribution in [2.24, 2.45) is 0 Å². The van der Waals surface area contributed by atoms with Crippen molar-refractivity contribution in [3.63, 3.8) is 0 Å². The van der Waals surface area contributed by atoms with Crippen molar-refractivity contribution in [1.29, 1.82) is 0 Å². The zero-order valence-corrected chi connectivity index (χ0v) is 9.24. The average Bonchev–Trinajstić information content (AvgIpc) is 2.53. The topological polar surface area (TPSA) is 16.1 Å². The van der Waals surface area contributed by atoms with Gasteiger partial charge in [-0.25, -0.2) is 9.40 Å². The summed E-state index contributed by atoms with van der Waals surface area (Å²) in [5, 5.41) is 3.42. The summed E-state index contributed by atoms with van der Waals surface area (Å²) in [4.78, 5) is 4.52. The molecule has 0 atom stereocenters. The standard InChI is InChI=1S/C9H13ClN2S/c1-7-6-13-9(11-7)8-2-4-12(10)5-3-8/h6,8H,2-5H2,1H3. The normalized spacial score (nSPS) is 20.8. The van der Waals surface area contributed by atoms with Crippen LogP contribution in [0, 0.1) is 6.92 Å². The molecule has 2 heterocycles. The molecular formula is C9H13ClN2S. The van der Waals surface area contributed by atoms with E-state index in [0.29, 0.717) is 5.92 Å². The number of piperidine rings is 1. The van der Waals surface area contributed by atoms with Crippen LogP contribution >= 0.6 is 23.1 Å². The highest BCUT2D eigenvalue weighted by atomic mass is 35.5. The lowest BCUT2D eigenvalue weighted by molar-refractivity contribution is 0.335. The minimum atomic E-state index is 0.647. The Labute approximate surface area is 87.7 Å². The third kappa shape index (κ3) is 2.22. The highest BCUT2D eigenvalue weighted by molar-refractivity contribution is 7.09. The lowest BCUT2D eigenvalue weighted by atomic mass is 9.99. The second kappa shape index (κ2) is 3.95. The second-order valence-electron chi connectivity index (χ2n) is 3.51. The number of thiazole rings is 1. The summed E-state index contributed by atoms with van der Waals surface area (Å²) in [7, 11) is 0. The second-order valence-corrected chi connectivity index (χ2v) is 4.88. The van der Waals surface area contributed by atoms with Gasteiger partial charge in [-0.2, -0.15) is 0 Å². The lowest BCUT2D eigenvalue weighted by Gasteiger charge is -2.25. The molecule has 4 heteroatoms. The Morgan fingerprint density at radius 2 is 2.23 bits per heavy atom. The molecule has 0 N–H and O–H groups in total. The summed E-state index contributed by atoms with van der Waals surface area (Å²) in [6.45, 7) is 4.03. The van der Waals surface area contributed by atoms with Crippen LogP contribution in [-0.2, 0) is 0 Å². The van der Waals surface area contributed by atoms with E-state index in [4.69, 9.17) is 11.8 Å². The van der Waals surface area contributed by atoms with Gasteiger partial charge >= 0.3 is 0 Å². The van der Waals surface area contributed by atoms with Crippen molar-refractivity contribution in [3.8, 4) is 0 Å². The molecule has 2 rings (SSSR count). The number of aryl methyl sites for hydroxylation is 1. The highest BCUT2D eigenvalue weighted by Crippen LogP contribution is 2.30. The fourth-order valence-corrected chi connectivity index (χ4v) is 2.82. The van der Waals surface area contributed by atoms with Gasteiger partial charge in [0.2, 0.25) is 0 Å². The largest absolute Gasteiger partial charge is 0.246 e.